The fraction of sp³-hybridized carbons (Fsp3) is 0.500. The second kappa shape index (κ2) is 6.86. The third kappa shape index (κ3) is 4.01. The van der Waals surface area contributed by atoms with E-state index < -0.39 is 22.3 Å². The first-order valence-electron chi connectivity index (χ1n) is 7.87. The lowest BCUT2D eigenvalue weighted by atomic mass is 9.95. The Hall–Kier alpha value is -2.64. The number of nitro benzene ring substituents is 1. The number of hydrogen-bond acceptors (Lipinski definition) is 5. The minimum atomic E-state index is -1.41. The highest BCUT2D eigenvalue weighted by atomic mass is 16.6. The number of carbonyl (C=O) groups is 2. The lowest BCUT2D eigenvalue weighted by Gasteiger charge is -2.25. The summed E-state index contributed by atoms with van der Waals surface area (Å²) in [5, 5.41) is 26.1. The molecule has 130 valence electrons. The SMILES string of the molecule is CCCC(C)(NC(=O)c1ccc(NC2CC2)c([N+](=O)[O-])c1)C(=O)O. The molecule has 1 atom stereocenters. The van der Waals surface area contributed by atoms with Gasteiger partial charge in [0.25, 0.3) is 11.6 Å². The molecule has 1 aliphatic carbocycles. The highest BCUT2D eigenvalue weighted by Gasteiger charge is 2.34. The molecule has 0 saturated heterocycles. The van der Waals surface area contributed by atoms with Crippen LogP contribution in [0.2, 0.25) is 0 Å². The number of rotatable bonds is 8. The molecule has 0 aromatic heterocycles. The van der Waals surface area contributed by atoms with Gasteiger partial charge in [0.2, 0.25) is 0 Å². The largest absolute Gasteiger partial charge is 0.480 e. The van der Waals surface area contributed by atoms with E-state index >= 15 is 0 Å². The Balaban J connectivity index is 2.23. The number of carboxylic acids is 1. The van der Waals surface area contributed by atoms with Crippen molar-refractivity contribution in [1.82, 2.24) is 5.32 Å². The van der Waals surface area contributed by atoms with Gasteiger partial charge in [0.05, 0.1) is 4.92 Å². The summed E-state index contributed by atoms with van der Waals surface area (Å²) < 4.78 is 0. The highest BCUT2D eigenvalue weighted by molar-refractivity contribution is 5.98. The molecule has 1 aliphatic rings. The van der Waals surface area contributed by atoms with Gasteiger partial charge in [-0.2, -0.15) is 0 Å². The summed E-state index contributed by atoms with van der Waals surface area (Å²) in [6, 6.07) is 4.36. The minimum absolute atomic E-state index is 0.0617. The number of carboxylic acid groups (broad SMARTS) is 1. The molecule has 1 amide bonds. The number of nitro groups is 1. The average molecular weight is 335 g/mol. The number of benzene rings is 1. The maximum Gasteiger partial charge on any atom is 0.329 e. The molecule has 1 aromatic rings. The standard InChI is InChI=1S/C16H21N3O5/c1-3-8-16(2,15(21)22)18-14(20)10-4-7-12(17-11-5-6-11)13(9-10)19(23)24/h4,7,9,11,17H,3,5-6,8H2,1-2H3,(H,18,20)(H,21,22). The van der Waals surface area contributed by atoms with E-state index in [1.165, 1.54) is 25.1 Å². The topological polar surface area (TPSA) is 122 Å². The Bertz CT molecular complexity index is 672. The van der Waals surface area contributed by atoms with E-state index in [1.807, 2.05) is 6.92 Å². The Morgan fingerprint density at radius 1 is 1.42 bits per heavy atom. The van der Waals surface area contributed by atoms with E-state index in [1.54, 1.807) is 0 Å². The molecule has 2 rings (SSSR count). The van der Waals surface area contributed by atoms with E-state index in [0.717, 1.165) is 12.8 Å². The van der Waals surface area contributed by atoms with Crippen molar-refractivity contribution in [3.8, 4) is 0 Å². The molecule has 24 heavy (non-hydrogen) atoms. The molecule has 0 spiro atoms. The Kier molecular flexibility index (Phi) is 5.06. The summed E-state index contributed by atoms with van der Waals surface area (Å²) >= 11 is 0. The van der Waals surface area contributed by atoms with Crippen LogP contribution in [-0.2, 0) is 4.79 Å². The van der Waals surface area contributed by atoms with Crippen LogP contribution in [0, 0.1) is 10.1 Å². The van der Waals surface area contributed by atoms with Crippen LogP contribution in [0.5, 0.6) is 0 Å². The normalized spacial score (nSPS) is 16.1. The minimum Gasteiger partial charge on any atom is -0.480 e. The number of anilines is 1. The van der Waals surface area contributed by atoms with Gasteiger partial charge in [-0.25, -0.2) is 4.79 Å². The van der Waals surface area contributed by atoms with Crippen molar-refractivity contribution < 1.29 is 19.6 Å². The monoisotopic (exact) mass is 335 g/mol. The first-order valence-corrected chi connectivity index (χ1v) is 7.87. The number of amides is 1. The molecule has 1 saturated carbocycles. The van der Waals surface area contributed by atoms with Crippen molar-refractivity contribution in [1.29, 1.82) is 0 Å². The molecule has 0 aliphatic heterocycles. The van der Waals surface area contributed by atoms with Crippen molar-refractivity contribution in [3.63, 3.8) is 0 Å². The summed E-state index contributed by atoms with van der Waals surface area (Å²) in [5.41, 5.74) is -1.17. The quantitative estimate of drug-likeness (QED) is 0.496. The molecule has 1 unspecified atom stereocenters. The molecule has 1 fully saturated rings. The average Bonchev–Trinajstić information content (AvgIpc) is 3.31. The van der Waals surface area contributed by atoms with Gasteiger partial charge >= 0.3 is 5.97 Å². The molecule has 0 heterocycles. The van der Waals surface area contributed by atoms with E-state index in [2.05, 4.69) is 10.6 Å². The van der Waals surface area contributed by atoms with Crippen LogP contribution in [0.25, 0.3) is 0 Å². The summed E-state index contributed by atoms with van der Waals surface area (Å²) in [7, 11) is 0. The highest BCUT2D eigenvalue weighted by Crippen LogP contribution is 2.31. The number of nitrogens with zero attached hydrogens (tertiary/aromatic N) is 1. The predicted octanol–water partition coefficient (Wildman–Crippen LogP) is 2.54. The molecular formula is C16H21N3O5. The molecule has 8 nitrogen and oxygen atoms in total. The summed E-state index contributed by atoms with van der Waals surface area (Å²) in [4.78, 5) is 34.4. The lowest BCUT2D eigenvalue weighted by molar-refractivity contribution is -0.384. The van der Waals surface area contributed by atoms with E-state index in [4.69, 9.17) is 0 Å². The fourth-order valence-corrected chi connectivity index (χ4v) is 2.44. The summed E-state index contributed by atoms with van der Waals surface area (Å²) in [6.45, 7) is 3.24. The van der Waals surface area contributed by atoms with E-state index in [9.17, 15) is 24.8 Å². The van der Waals surface area contributed by atoms with Crippen LogP contribution in [0.4, 0.5) is 11.4 Å². The zero-order valence-electron chi connectivity index (χ0n) is 13.7. The van der Waals surface area contributed by atoms with Crippen molar-refractivity contribution in [2.45, 2.75) is 51.1 Å². The zero-order chi connectivity index (χ0) is 17.9. The smallest absolute Gasteiger partial charge is 0.329 e. The van der Waals surface area contributed by atoms with Gasteiger partial charge in [-0.15, -0.1) is 0 Å². The molecule has 8 heteroatoms. The number of hydrogen-bond donors (Lipinski definition) is 3. The van der Waals surface area contributed by atoms with Gasteiger partial charge in [-0.1, -0.05) is 13.3 Å². The van der Waals surface area contributed by atoms with E-state index in [-0.39, 0.29) is 23.7 Å². The number of carbonyl (C=O) groups excluding carboxylic acids is 1. The third-order valence-corrected chi connectivity index (χ3v) is 4.01. The van der Waals surface area contributed by atoms with Crippen LogP contribution in [0.15, 0.2) is 18.2 Å². The van der Waals surface area contributed by atoms with Gasteiger partial charge in [0.1, 0.15) is 11.2 Å². The van der Waals surface area contributed by atoms with E-state index in [0.29, 0.717) is 12.1 Å². The van der Waals surface area contributed by atoms with Gasteiger partial charge < -0.3 is 15.7 Å². The zero-order valence-corrected chi connectivity index (χ0v) is 13.7. The third-order valence-electron chi connectivity index (χ3n) is 4.01. The molecule has 0 bridgehead atoms. The molecule has 0 radical (unpaired) electrons. The first kappa shape index (κ1) is 17.7. The maximum atomic E-state index is 12.3. The second-order valence-electron chi connectivity index (χ2n) is 6.25. The Labute approximate surface area is 139 Å². The van der Waals surface area contributed by atoms with Crippen LogP contribution < -0.4 is 10.6 Å². The Morgan fingerprint density at radius 2 is 2.08 bits per heavy atom. The predicted molar refractivity (Wildman–Crippen MR) is 88.2 cm³/mol. The fourth-order valence-electron chi connectivity index (χ4n) is 2.44. The lowest BCUT2D eigenvalue weighted by Crippen LogP contribution is -2.52. The van der Waals surface area contributed by atoms with Crippen molar-refractivity contribution in [3.05, 3.63) is 33.9 Å². The maximum absolute atomic E-state index is 12.3. The first-order chi connectivity index (χ1) is 11.3. The molecule has 1 aromatic carbocycles. The van der Waals surface area contributed by atoms with Crippen molar-refractivity contribution >= 4 is 23.3 Å². The van der Waals surface area contributed by atoms with Gasteiger partial charge in [0.15, 0.2) is 0 Å². The number of aliphatic carboxylic acids is 1. The van der Waals surface area contributed by atoms with Crippen LogP contribution in [0.1, 0.15) is 49.9 Å². The summed E-state index contributed by atoms with van der Waals surface area (Å²) in [6.07, 6.45) is 2.77. The van der Waals surface area contributed by atoms with Gasteiger partial charge in [0, 0.05) is 17.7 Å². The second-order valence-corrected chi connectivity index (χ2v) is 6.25. The van der Waals surface area contributed by atoms with Crippen molar-refractivity contribution in [2.75, 3.05) is 5.32 Å². The van der Waals surface area contributed by atoms with Crippen LogP contribution in [0.3, 0.4) is 0 Å². The molecule has 3 N–H and O–H groups in total. The van der Waals surface area contributed by atoms with Gasteiger partial charge in [-0.05, 0) is 38.3 Å². The summed E-state index contributed by atoms with van der Waals surface area (Å²) in [5.74, 6) is -1.78. The molecular weight excluding hydrogens is 314 g/mol. The van der Waals surface area contributed by atoms with Crippen molar-refractivity contribution in [2.24, 2.45) is 0 Å². The van der Waals surface area contributed by atoms with Gasteiger partial charge in [-0.3, -0.25) is 14.9 Å². The van der Waals surface area contributed by atoms with Crippen LogP contribution >= 0.6 is 0 Å². The van der Waals surface area contributed by atoms with Crippen LogP contribution in [-0.4, -0.2) is 33.5 Å². The Morgan fingerprint density at radius 3 is 2.58 bits per heavy atom. The number of nitrogens with one attached hydrogen (secondary N) is 2.